The summed E-state index contributed by atoms with van der Waals surface area (Å²) in [5, 5.41) is 3.18. The zero-order chi connectivity index (χ0) is 16.3. The number of nitrogens with one attached hydrogen (secondary N) is 1. The second-order valence-electron chi connectivity index (χ2n) is 4.95. The summed E-state index contributed by atoms with van der Waals surface area (Å²) in [5.74, 6) is 0.749. The summed E-state index contributed by atoms with van der Waals surface area (Å²) >= 11 is 4.62. The molecular weight excluding hydrogens is 402 g/mol. The quantitative estimate of drug-likeness (QED) is 0.808. The van der Waals surface area contributed by atoms with E-state index in [0.29, 0.717) is 37.1 Å². The Morgan fingerprint density at radius 2 is 2.04 bits per heavy atom. The van der Waals surface area contributed by atoms with Crippen molar-refractivity contribution in [1.29, 1.82) is 0 Å². The molecule has 0 atom stereocenters. The van der Waals surface area contributed by atoms with Crippen LogP contribution in [0, 0.1) is 0 Å². The SMILES string of the molecule is O=S(=O)(c1ccc(CNc2ccc(Br)cn2)s1)N1CCOCC1. The number of nitrogens with zero attached hydrogens (tertiary/aromatic N) is 2. The van der Waals surface area contributed by atoms with Crippen molar-refractivity contribution in [3.63, 3.8) is 0 Å². The van der Waals surface area contributed by atoms with Gasteiger partial charge in [-0.15, -0.1) is 11.3 Å². The van der Waals surface area contributed by atoms with Gasteiger partial charge in [-0.2, -0.15) is 4.31 Å². The first-order chi connectivity index (χ1) is 11.1. The maximum Gasteiger partial charge on any atom is 0.252 e. The maximum absolute atomic E-state index is 12.6. The normalized spacial score (nSPS) is 16.4. The van der Waals surface area contributed by atoms with E-state index >= 15 is 0 Å². The molecule has 1 aliphatic rings. The van der Waals surface area contributed by atoms with Gasteiger partial charge in [0.2, 0.25) is 0 Å². The van der Waals surface area contributed by atoms with Gasteiger partial charge in [0.15, 0.2) is 0 Å². The molecule has 0 spiro atoms. The van der Waals surface area contributed by atoms with Crippen molar-refractivity contribution in [2.45, 2.75) is 10.8 Å². The van der Waals surface area contributed by atoms with Crippen LogP contribution in [-0.4, -0.2) is 44.0 Å². The molecule has 2 aromatic rings. The first-order valence-corrected chi connectivity index (χ1v) is 10.1. The van der Waals surface area contributed by atoms with Gasteiger partial charge in [0.1, 0.15) is 10.0 Å². The Morgan fingerprint density at radius 3 is 2.74 bits per heavy atom. The Morgan fingerprint density at radius 1 is 1.26 bits per heavy atom. The Balaban J connectivity index is 1.66. The van der Waals surface area contributed by atoms with Gasteiger partial charge in [-0.25, -0.2) is 13.4 Å². The molecule has 23 heavy (non-hydrogen) atoms. The van der Waals surface area contributed by atoms with Crippen molar-refractivity contribution in [2.75, 3.05) is 31.6 Å². The number of thiophene rings is 1. The van der Waals surface area contributed by atoms with Crippen LogP contribution in [0.15, 0.2) is 39.1 Å². The summed E-state index contributed by atoms with van der Waals surface area (Å²) in [6.07, 6.45) is 1.71. The molecule has 0 amide bonds. The lowest BCUT2D eigenvalue weighted by Crippen LogP contribution is -2.40. The number of anilines is 1. The standard InChI is InChI=1S/C14H16BrN3O3S2/c15-11-1-3-13(16-9-11)17-10-12-2-4-14(22-12)23(19,20)18-5-7-21-8-6-18/h1-4,9H,5-8,10H2,(H,16,17). The zero-order valence-corrected chi connectivity index (χ0v) is 15.5. The van der Waals surface area contributed by atoms with E-state index in [2.05, 4.69) is 26.2 Å². The number of halogens is 1. The third-order valence-electron chi connectivity index (χ3n) is 3.37. The predicted molar refractivity (Wildman–Crippen MR) is 93.2 cm³/mol. The highest BCUT2D eigenvalue weighted by molar-refractivity contribution is 9.10. The monoisotopic (exact) mass is 417 g/mol. The first-order valence-electron chi connectivity index (χ1n) is 7.08. The molecule has 3 rings (SSSR count). The zero-order valence-electron chi connectivity index (χ0n) is 12.2. The van der Waals surface area contributed by atoms with Crippen molar-refractivity contribution in [3.8, 4) is 0 Å². The molecule has 1 fully saturated rings. The van der Waals surface area contributed by atoms with Crippen LogP contribution in [0.1, 0.15) is 4.88 Å². The third-order valence-corrected chi connectivity index (χ3v) is 7.29. The van der Waals surface area contributed by atoms with Crippen molar-refractivity contribution >= 4 is 43.1 Å². The Kier molecular flexibility index (Phi) is 5.32. The molecule has 2 aromatic heterocycles. The minimum Gasteiger partial charge on any atom is -0.379 e. The number of hydrogen-bond donors (Lipinski definition) is 1. The van der Waals surface area contributed by atoms with Crippen molar-refractivity contribution < 1.29 is 13.2 Å². The third kappa shape index (κ3) is 4.10. The van der Waals surface area contributed by atoms with Crippen LogP contribution in [0.25, 0.3) is 0 Å². The molecule has 0 bridgehead atoms. The number of morpholine rings is 1. The molecule has 3 heterocycles. The van der Waals surface area contributed by atoms with Crippen LogP contribution in [0.4, 0.5) is 5.82 Å². The fraction of sp³-hybridized carbons (Fsp3) is 0.357. The lowest BCUT2D eigenvalue weighted by atomic mass is 10.4. The number of rotatable bonds is 5. The van der Waals surface area contributed by atoms with Crippen LogP contribution in [0.3, 0.4) is 0 Å². The molecule has 1 saturated heterocycles. The van der Waals surface area contributed by atoms with E-state index in [-0.39, 0.29) is 0 Å². The van der Waals surface area contributed by atoms with Gasteiger partial charge in [0, 0.05) is 28.6 Å². The molecule has 0 unspecified atom stereocenters. The molecule has 9 heteroatoms. The fourth-order valence-electron chi connectivity index (χ4n) is 2.16. The van der Waals surface area contributed by atoms with Crippen LogP contribution < -0.4 is 5.32 Å². The second kappa shape index (κ2) is 7.27. The van der Waals surface area contributed by atoms with Gasteiger partial charge in [0.05, 0.1) is 19.8 Å². The molecule has 1 aliphatic heterocycles. The smallest absolute Gasteiger partial charge is 0.252 e. The minimum absolute atomic E-state index is 0.375. The average Bonchev–Trinajstić information content (AvgIpc) is 3.05. The summed E-state index contributed by atoms with van der Waals surface area (Å²) in [5.41, 5.74) is 0. The fourth-order valence-corrected chi connectivity index (χ4v) is 5.26. The van der Waals surface area contributed by atoms with Crippen molar-refractivity contribution in [3.05, 3.63) is 39.8 Å². The van der Waals surface area contributed by atoms with Crippen molar-refractivity contribution in [1.82, 2.24) is 9.29 Å². The number of pyridine rings is 1. The van der Waals surface area contributed by atoms with Gasteiger partial charge in [-0.1, -0.05) is 0 Å². The van der Waals surface area contributed by atoms with Crippen LogP contribution >= 0.6 is 27.3 Å². The van der Waals surface area contributed by atoms with Gasteiger partial charge in [-0.3, -0.25) is 0 Å². The second-order valence-corrected chi connectivity index (χ2v) is 9.20. The summed E-state index contributed by atoms with van der Waals surface area (Å²) in [4.78, 5) is 5.17. The average molecular weight is 418 g/mol. The van der Waals surface area contributed by atoms with E-state index in [4.69, 9.17) is 4.74 Å². The molecule has 1 N–H and O–H groups in total. The van der Waals surface area contributed by atoms with Crippen LogP contribution in [0.2, 0.25) is 0 Å². The lowest BCUT2D eigenvalue weighted by molar-refractivity contribution is 0.0731. The number of aromatic nitrogens is 1. The topological polar surface area (TPSA) is 71.5 Å². The summed E-state index contributed by atoms with van der Waals surface area (Å²) in [6.45, 7) is 2.27. The van der Waals surface area contributed by atoms with Gasteiger partial charge in [0.25, 0.3) is 10.0 Å². The van der Waals surface area contributed by atoms with E-state index in [9.17, 15) is 8.42 Å². The van der Waals surface area contributed by atoms with E-state index in [1.807, 2.05) is 18.2 Å². The van der Waals surface area contributed by atoms with Crippen LogP contribution in [0.5, 0.6) is 0 Å². The van der Waals surface area contributed by atoms with E-state index in [1.165, 1.54) is 15.6 Å². The summed E-state index contributed by atoms with van der Waals surface area (Å²) < 4.78 is 33.1. The minimum atomic E-state index is -3.41. The number of sulfonamides is 1. The highest BCUT2D eigenvalue weighted by Gasteiger charge is 2.27. The highest BCUT2D eigenvalue weighted by Crippen LogP contribution is 2.26. The van der Waals surface area contributed by atoms with E-state index in [0.717, 1.165) is 15.2 Å². The highest BCUT2D eigenvalue weighted by atomic mass is 79.9. The lowest BCUT2D eigenvalue weighted by Gasteiger charge is -2.25. The largest absolute Gasteiger partial charge is 0.379 e. The molecule has 124 valence electrons. The summed E-state index contributed by atoms with van der Waals surface area (Å²) in [7, 11) is -3.41. The summed E-state index contributed by atoms with van der Waals surface area (Å²) in [6, 6.07) is 7.27. The van der Waals surface area contributed by atoms with Gasteiger partial charge in [-0.05, 0) is 40.2 Å². The van der Waals surface area contributed by atoms with Gasteiger partial charge >= 0.3 is 0 Å². The molecule has 0 aromatic carbocycles. The molecule has 0 aliphatic carbocycles. The number of ether oxygens (including phenoxy) is 1. The molecular formula is C14H16BrN3O3S2. The number of hydrogen-bond acceptors (Lipinski definition) is 6. The molecule has 0 saturated carbocycles. The molecule has 6 nitrogen and oxygen atoms in total. The Labute approximate surface area is 147 Å². The first kappa shape index (κ1) is 16.8. The maximum atomic E-state index is 12.6. The van der Waals surface area contributed by atoms with Crippen molar-refractivity contribution in [2.24, 2.45) is 0 Å². The van der Waals surface area contributed by atoms with Gasteiger partial charge < -0.3 is 10.1 Å². The predicted octanol–water partition coefficient (Wildman–Crippen LogP) is 2.54. The Hall–Kier alpha value is -1.00. The molecule has 0 radical (unpaired) electrons. The van der Waals surface area contributed by atoms with E-state index in [1.54, 1.807) is 12.3 Å². The Bertz CT molecular complexity index is 756. The van der Waals surface area contributed by atoms with Crippen LogP contribution in [-0.2, 0) is 21.3 Å². The van der Waals surface area contributed by atoms with E-state index < -0.39 is 10.0 Å².